The number of carbonyl (C=O) groups is 2. The second kappa shape index (κ2) is 3.57. The summed E-state index contributed by atoms with van der Waals surface area (Å²) in [6, 6.07) is -0.109. The minimum atomic E-state index is -0.631. The van der Waals surface area contributed by atoms with Crippen LogP contribution < -0.4 is 5.32 Å². The smallest absolute Gasteiger partial charge is 0.380 e. The largest absolute Gasteiger partial charge is 0.415 e. The number of methoxy groups -OCH3 is 1. The van der Waals surface area contributed by atoms with Crippen molar-refractivity contribution in [1.29, 1.82) is 0 Å². The highest BCUT2D eigenvalue weighted by Gasteiger charge is 2.44. The van der Waals surface area contributed by atoms with Crippen molar-refractivity contribution in [3.8, 4) is 0 Å². The molecule has 2 fully saturated rings. The van der Waals surface area contributed by atoms with E-state index in [4.69, 9.17) is 4.74 Å². The number of esters is 1. The number of rotatable bonds is 1. The van der Waals surface area contributed by atoms with Gasteiger partial charge in [-0.25, -0.2) is 4.79 Å². The number of nitrogens with one attached hydrogen (secondary N) is 1. The van der Waals surface area contributed by atoms with Crippen LogP contribution in [0.4, 0.5) is 4.79 Å². The number of fused-ring (bicyclic) bond motifs is 1. The van der Waals surface area contributed by atoms with Crippen molar-refractivity contribution < 1.29 is 19.1 Å². The molecule has 2 rings (SSSR count). The van der Waals surface area contributed by atoms with E-state index in [9.17, 15) is 9.59 Å². The van der Waals surface area contributed by atoms with Gasteiger partial charge in [-0.2, -0.15) is 0 Å². The summed E-state index contributed by atoms with van der Waals surface area (Å²) in [5.41, 5.74) is 0. The lowest BCUT2D eigenvalue weighted by atomic mass is 9.81. The van der Waals surface area contributed by atoms with E-state index in [1.807, 2.05) is 0 Å². The Morgan fingerprint density at radius 2 is 2.21 bits per heavy atom. The number of hydrogen-bond acceptors (Lipinski definition) is 4. The van der Waals surface area contributed by atoms with E-state index < -0.39 is 12.1 Å². The first-order valence-corrected chi connectivity index (χ1v) is 4.77. The molecule has 1 heterocycles. The van der Waals surface area contributed by atoms with Crippen LogP contribution in [0.1, 0.15) is 19.3 Å². The Labute approximate surface area is 81.7 Å². The van der Waals surface area contributed by atoms with Gasteiger partial charge in [-0.3, -0.25) is 4.79 Å². The molecule has 78 valence electrons. The molecule has 5 nitrogen and oxygen atoms in total. The molecule has 2 aliphatic rings. The Balaban J connectivity index is 2.16. The first kappa shape index (κ1) is 9.45. The summed E-state index contributed by atoms with van der Waals surface area (Å²) < 4.78 is 9.73. The Morgan fingerprint density at radius 1 is 1.43 bits per heavy atom. The Bertz CT molecular complexity index is 266. The summed E-state index contributed by atoms with van der Waals surface area (Å²) in [4.78, 5) is 22.4. The van der Waals surface area contributed by atoms with E-state index in [2.05, 4.69) is 10.1 Å². The van der Waals surface area contributed by atoms with E-state index in [0.29, 0.717) is 0 Å². The fourth-order valence-electron chi connectivity index (χ4n) is 2.24. The third-order valence-electron chi connectivity index (χ3n) is 2.91. The topological polar surface area (TPSA) is 64.6 Å². The number of hydrogen-bond donors (Lipinski definition) is 1. The van der Waals surface area contributed by atoms with Crippen LogP contribution in [-0.2, 0) is 14.3 Å². The molecule has 14 heavy (non-hydrogen) atoms. The van der Waals surface area contributed by atoms with Crippen molar-refractivity contribution in [2.24, 2.45) is 5.92 Å². The van der Waals surface area contributed by atoms with E-state index in [0.717, 1.165) is 19.3 Å². The van der Waals surface area contributed by atoms with Crippen LogP contribution in [0, 0.1) is 5.92 Å². The zero-order chi connectivity index (χ0) is 10.1. The molecule has 3 atom stereocenters. The monoisotopic (exact) mass is 199 g/mol. The Hall–Kier alpha value is -1.10. The molecule has 1 saturated carbocycles. The van der Waals surface area contributed by atoms with Crippen LogP contribution in [0.5, 0.6) is 0 Å². The van der Waals surface area contributed by atoms with Crippen molar-refractivity contribution in [2.45, 2.75) is 31.4 Å². The summed E-state index contributed by atoms with van der Waals surface area (Å²) in [6.07, 6.45) is 1.89. The molecule has 0 bridgehead atoms. The molecule has 0 radical (unpaired) electrons. The van der Waals surface area contributed by atoms with Gasteiger partial charge in [0.1, 0.15) is 5.92 Å². The van der Waals surface area contributed by atoms with Crippen LogP contribution in [0.15, 0.2) is 0 Å². The highest BCUT2D eigenvalue weighted by molar-refractivity contribution is 5.89. The zero-order valence-corrected chi connectivity index (χ0v) is 7.99. The quantitative estimate of drug-likeness (QED) is 0.491. The summed E-state index contributed by atoms with van der Waals surface area (Å²) in [5, 5.41) is 2.65. The number of alkyl carbamates (subject to hydrolysis) is 1. The van der Waals surface area contributed by atoms with Gasteiger partial charge in [0, 0.05) is 13.2 Å². The van der Waals surface area contributed by atoms with Gasteiger partial charge in [0.15, 0.2) is 0 Å². The summed E-state index contributed by atoms with van der Waals surface area (Å²) >= 11 is 0. The maximum absolute atomic E-state index is 11.4. The fourth-order valence-corrected chi connectivity index (χ4v) is 2.24. The minimum Gasteiger partial charge on any atom is -0.380 e. The summed E-state index contributed by atoms with van der Waals surface area (Å²) in [5.74, 6) is -0.781. The Kier molecular flexibility index (Phi) is 2.41. The predicted molar refractivity (Wildman–Crippen MR) is 46.5 cm³/mol. The van der Waals surface area contributed by atoms with Gasteiger partial charge in [0.05, 0.1) is 6.10 Å². The second-order valence-electron chi connectivity index (χ2n) is 3.69. The van der Waals surface area contributed by atoms with Gasteiger partial charge in [0.25, 0.3) is 0 Å². The van der Waals surface area contributed by atoms with Crippen molar-refractivity contribution in [3.05, 3.63) is 0 Å². The third-order valence-corrected chi connectivity index (χ3v) is 2.91. The highest BCUT2D eigenvalue weighted by atomic mass is 16.6. The SMILES string of the molecule is COC1CCCC2NC(=O)OC(=O)C21. The average Bonchev–Trinajstić information content (AvgIpc) is 2.16. The molecule has 0 aromatic carbocycles. The maximum Gasteiger partial charge on any atom is 0.415 e. The molecule has 1 amide bonds. The minimum absolute atomic E-state index is 0.109. The number of amides is 1. The van der Waals surface area contributed by atoms with Crippen LogP contribution in [-0.4, -0.2) is 31.3 Å². The molecule has 0 spiro atoms. The van der Waals surface area contributed by atoms with E-state index >= 15 is 0 Å². The van der Waals surface area contributed by atoms with Gasteiger partial charge in [0.2, 0.25) is 0 Å². The first-order valence-electron chi connectivity index (χ1n) is 4.77. The van der Waals surface area contributed by atoms with Gasteiger partial charge in [-0.05, 0) is 19.3 Å². The molecule has 3 unspecified atom stereocenters. The molecule has 0 aromatic heterocycles. The summed E-state index contributed by atoms with van der Waals surface area (Å²) in [6.45, 7) is 0. The lowest BCUT2D eigenvalue weighted by Crippen LogP contribution is -2.56. The van der Waals surface area contributed by atoms with Gasteiger partial charge in [-0.15, -0.1) is 0 Å². The zero-order valence-electron chi connectivity index (χ0n) is 7.99. The molecule has 1 saturated heterocycles. The first-order chi connectivity index (χ1) is 6.72. The summed E-state index contributed by atoms with van der Waals surface area (Å²) in [7, 11) is 1.58. The molecule has 1 aliphatic carbocycles. The highest BCUT2D eigenvalue weighted by Crippen LogP contribution is 2.30. The van der Waals surface area contributed by atoms with E-state index in [1.54, 1.807) is 7.11 Å². The lowest BCUT2D eigenvalue weighted by Gasteiger charge is -2.38. The van der Waals surface area contributed by atoms with Crippen molar-refractivity contribution in [1.82, 2.24) is 5.32 Å². The standard InChI is InChI=1S/C9H13NO4/c1-13-6-4-2-3-5-7(6)8(11)14-9(12)10-5/h5-7H,2-4H2,1H3,(H,10,12). The van der Waals surface area contributed by atoms with Crippen LogP contribution >= 0.6 is 0 Å². The molecule has 1 aliphatic heterocycles. The lowest BCUT2D eigenvalue weighted by molar-refractivity contribution is -0.154. The van der Waals surface area contributed by atoms with Crippen molar-refractivity contribution >= 4 is 12.1 Å². The molecule has 1 N–H and O–H groups in total. The fraction of sp³-hybridized carbons (Fsp3) is 0.778. The van der Waals surface area contributed by atoms with E-state index in [-0.39, 0.29) is 18.1 Å². The van der Waals surface area contributed by atoms with Crippen LogP contribution in [0.2, 0.25) is 0 Å². The van der Waals surface area contributed by atoms with Gasteiger partial charge >= 0.3 is 12.1 Å². The van der Waals surface area contributed by atoms with Gasteiger partial charge < -0.3 is 14.8 Å². The van der Waals surface area contributed by atoms with Crippen molar-refractivity contribution in [3.63, 3.8) is 0 Å². The van der Waals surface area contributed by atoms with Crippen LogP contribution in [0.3, 0.4) is 0 Å². The van der Waals surface area contributed by atoms with Crippen molar-refractivity contribution in [2.75, 3.05) is 7.11 Å². The van der Waals surface area contributed by atoms with Crippen LogP contribution in [0.25, 0.3) is 0 Å². The molecular formula is C9H13NO4. The third kappa shape index (κ3) is 1.48. The molecular weight excluding hydrogens is 186 g/mol. The number of cyclic esters (lactones) is 2. The predicted octanol–water partition coefficient (Wildman–Crippen LogP) is 0.436. The Morgan fingerprint density at radius 3 is 2.93 bits per heavy atom. The number of carbonyl (C=O) groups excluding carboxylic acids is 2. The molecule has 0 aromatic rings. The number of ether oxygens (including phenoxy) is 2. The maximum atomic E-state index is 11.4. The van der Waals surface area contributed by atoms with E-state index in [1.165, 1.54) is 0 Å². The van der Waals surface area contributed by atoms with Gasteiger partial charge in [-0.1, -0.05) is 0 Å². The average molecular weight is 199 g/mol. The molecule has 5 heteroatoms. The normalized spacial score (nSPS) is 37.1. The second-order valence-corrected chi connectivity index (χ2v) is 3.69.